The van der Waals surface area contributed by atoms with Gasteiger partial charge in [-0.25, -0.2) is 0 Å². The predicted octanol–water partition coefficient (Wildman–Crippen LogP) is 2.50. The second-order valence-corrected chi connectivity index (χ2v) is 5.63. The van der Waals surface area contributed by atoms with Gasteiger partial charge in [0, 0.05) is 6.42 Å². The van der Waals surface area contributed by atoms with Crippen LogP contribution in [0.15, 0.2) is 18.2 Å². The molecule has 2 N–H and O–H groups in total. The molecule has 4 heteroatoms. The molecule has 2 atom stereocenters. The van der Waals surface area contributed by atoms with Crippen molar-refractivity contribution < 1.29 is 14.3 Å². The molecule has 110 valence electrons. The van der Waals surface area contributed by atoms with E-state index in [9.17, 15) is 4.79 Å². The van der Waals surface area contributed by atoms with Crippen molar-refractivity contribution in [2.75, 3.05) is 6.61 Å². The average molecular weight is 277 g/mol. The number of rotatable bonds is 4. The van der Waals surface area contributed by atoms with Gasteiger partial charge < -0.3 is 15.2 Å². The van der Waals surface area contributed by atoms with Gasteiger partial charge in [0.05, 0.1) is 6.61 Å². The molecule has 1 aromatic carbocycles. The lowest BCUT2D eigenvalue weighted by Crippen LogP contribution is -2.47. The van der Waals surface area contributed by atoms with E-state index in [0.29, 0.717) is 19.4 Å². The number of hydrogen-bond acceptors (Lipinski definition) is 4. The van der Waals surface area contributed by atoms with Crippen LogP contribution in [0.3, 0.4) is 0 Å². The van der Waals surface area contributed by atoms with Crippen LogP contribution in [0.25, 0.3) is 0 Å². The number of aryl methyl sites for hydroxylation is 2. The number of esters is 1. The van der Waals surface area contributed by atoms with E-state index in [4.69, 9.17) is 15.2 Å². The summed E-state index contributed by atoms with van der Waals surface area (Å²) in [7, 11) is 0. The van der Waals surface area contributed by atoms with E-state index in [-0.39, 0.29) is 12.1 Å². The largest absolute Gasteiger partial charge is 0.490 e. The minimum Gasteiger partial charge on any atom is -0.490 e. The zero-order valence-corrected chi connectivity index (χ0v) is 12.4. The third-order valence-electron chi connectivity index (χ3n) is 3.82. The molecule has 0 amide bonds. The molecule has 0 bridgehead atoms. The highest BCUT2D eigenvalue weighted by molar-refractivity contribution is 5.81. The summed E-state index contributed by atoms with van der Waals surface area (Å²) in [5, 5.41) is 0. The molecular formula is C16H23NO3. The van der Waals surface area contributed by atoms with Gasteiger partial charge in [0.25, 0.3) is 0 Å². The Labute approximate surface area is 120 Å². The molecule has 2 rings (SSSR count). The summed E-state index contributed by atoms with van der Waals surface area (Å²) in [5.41, 5.74) is 7.51. The monoisotopic (exact) mass is 277 g/mol. The van der Waals surface area contributed by atoms with Crippen LogP contribution in [0, 0.1) is 13.8 Å². The summed E-state index contributed by atoms with van der Waals surface area (Å²) in [5.74, 6) is 0.565. The first-order valence-electron chi connectivity index (χ1n) is 7.14. The summed E-state index contributed by atoms with van der Waals surface area (Å²) in [6.07, 6.45) is 1.88. The van der Waals surface area contributed by atoms with Crippen LogP contribution < -0.4 is 10.5 Å². The summed E-state index contributed by atoms with van der Waals surface area (Å²) < 4.78 is 11.1. The number of benzene rings is 1. The van der Waals surface area contributed by atoms with Crippen molar-refractivity contribution in [3.8, 4) is 5.75 Å². The Bertz CT molecular complexity index is 500. The Kier molecular flexibility index (Phi) is 4.33. The fourth-order valence-electron chi connectivity index (χ4n) is 2.60. The van der Waals surface area contributed by atoms with Crippen molar-refractivity contribution in [3.63, 3.8) is 0 Å². The maximum atomic E-state index is 11.9. The number of nitrogens with two attached hydrogens (primary N) is 1. The van der Waals surface area contributed by atoms with E-state index < -0.39 is 5.54 Å². The highest BCUT2D eigenvalue weighted by Crippen LogP contribution is 2.33. The minimum atomic E-state index is -0.890. The van der Waals surface area contributed by atoms with Crippen LogP contribution in [0.2, 0.25) is 0 Å². The third-order valence-corrected chi connectivity index (χ3v) is 3.82. The normalized spacial score (nSPS) is 25.5. The van der Waals surface area contributed by atoms with Gasteiger partial charge in [-0.2, -0.15) is 0 Å². The van der Waals surface area contributed by atoms with Gasteiger partial charge in [0.2, 0.25) is 0 Å². The Morgan fingerprint density at radius 3 is 2.90 bits per heavy atom. The van der Waals surface area contributed by atoms with Crippen molar-refractivity contribution in [2.24, 2.45) is 5.73 Å². The maximum Gasteiger partial charge on any atom is 0.326 e. The van der Waals surface area contributed by atoms with E-state index in [0.717, 1.165) is 23.3 Å². The topological polar surface area (TPSA) is 61.5 Å². The molecule has 4 nitrogen and oxygen atoms in total. The first-order valence-corrected chi connectivity index (χ1v) is 7.14. The second kappa shape index (κ2) is 5.83. The lowest BCUT2D eigenvalue weighted by Gasteiger charge is -2.22. The molecule has 1 aliphatic rings. The van der Waals surface area contributed by atoms with Gasteiger partial charge in [-0.05, 0) is 50.8 Å². The van der Waals surface area contributed by atoms with Crippen molar-refractivity contribution >= 4 is 5.97 Å². The zero-order chi connectivity index (χ0) is 14.8. The summed E-state index contributed by atoms with van der Waals surface area (Å²) in [6, 6.07) is 6.12. The number of hydrogen-bond donors (Lipinski definition) is 1. The van der Waals surface area contributed by atoms with E-state index in [1.807, 2.05) is 26.0 Å². The van der Waals surface area contributed by atoms with Crippen LogP contribution >= 0.6 is 0 Å². The third kappa shape index (κ3) is 3.12. The molecule has 0 radical (unpaired) electrons. The van der Waals surface area contributed by atoms with Gasteiger partial charge in [-0.1, -0.05) is 12.1 Å². The van der Waals surface area contributed by atoms with Gasteiger partial charge in [-0.3, -0.25) is 4.79 Å². The second-order valence-electron chi connectivity index (χ2n) is 5.63. The summed E-state index contributed by atoms with van der Waals surface area (Å²) in [6.45, 7) is 6.21. The van der Waals surface area contributed by atoms with Crippen LogP contribution in [0.1, 0.15) is 37.3 Å². The fourth-order valence-corrected chi connectivity index (χ4v) is 2.60. The Morgan fingerprint density at radius 1 is 1.45 bits per heavy atom. The highest BCUT2D eigenvalue weighted by atomic mass is 16.5. The summed E-state index contributed by atoms with van der Waals surface area (Å²) >= 11 is 0. The first-order chi connectivity index (χ1) is 9.44. The lowest BCUT2D eigenvalue weighted by molar-refractivity contribution is -0.149. The van der Waals surface area contributed by atoms with E-state index >= 15 is 0 Å². The highest BCUT2D eigenvalue weighted by Gasteiger charge is 2.44. The number of carbonyl (C=O) groups excluding carboxylic acids is 1. The molecule has 1 aromatic rings. The number of carbonyl (C=O) groups is 1. The van der Waals surface area contributed by atoms with Crippen molar-refractivity contribution in [1.29, 1.82) is 0 Å². The Morgan fingerprint density at radius 2 is 2.20 bits per heavy atom. The molecule has 0 spiro atoms. The predicted molar refractivity (Wildman–Crippen MR) is 77.7 cm³/mol. The smallest absolute Gasteiger partial charge is 0.326 e. The molecular weight excluding hydrogens is 254 g/mol. The van der Waals surface area contributed by atoms with Gasteiger partial charge in [0.15, 0.2) is 0 Å². The van der Waals surface area contributed by atoms with Crippen LogP contribution in [0.5, 0.6) is 5.75 Å². The minimum absolute atomic E-state index is 0.0232. The SMILES string of the molecule is CCOC(=O)C1(N)CCC(Oc2cc(C)ccc2C)C1. The lowest BCUT2D eigenvalue weighted by atomic mass is 9.99. The van der Waals surface area contributed by atoms with Crippen molar-refractivity contribution in [2.45, 2.75) is 51.7 Å². The fraction of sp³-hybridized carbons (Fsp3) is 0.562. The Balaban J connectivity index is 2.03. The summed E-state index contributed by atoms with van der Waals surface area (Å²) in [4.78, 5) is 11.9. The van der Waals surface area contributed by atoms with Gasteiger partial charge in [0.1, 0.15) is 17.4 Å². The van der Waals surface area contributed by atoms with Crippen LogP contribution in [0.4, 0.5) is 0 Å². The molecule has 1 aliphatic carbocycles. The van der Waals surface area contributed by atoms with Crippen LogP contribution in [-0.2, 0) is 9.53 Å². The number of ether oxygens (including phenoxy) is 2. The van der Waals surface area contributed by atoms with E-state index in [2.05, 4.69) is 6.07 Å². The molecule has 0 saturated heterocycles. The van der Waals surface area contributed by atoms with Gasteiger partial charge in [-0.15, -0.1) is 0 Å². The standard InChI is InChI=1S/C16H23NO3/c1-4-19-15(18)16(17)8-7-13(10-16)20-14-9-11(2)5-6-12(14)3/h5-6,9,13H,4,7-8,10,17H2,1-3H3. The molecule has 2 unspecified atom stereocenters. The first kappa shape index (κ1) is 14.9. The van der Waals surface area contributed by atoms with Crippen molar-refractivity contribution in [3.05, 3.63) is 29.3 Å². The zero-order valence-electron chi connectivity index (χ0n) is 12.4. The molecule has 1 fully saturated rings. The molecule has 0 aromatic heterocycles. The van der Waals surface area contributed by atoms with E-state index in [1.54, 1.807) is 6.92 Å². The maximum absolute atomic E-state index is 11.9. The molecule has 0 heterocycles. The Hall–Kier alpha value is -1.55. The molecule has 1 saturated carbocycles. The quantitative estimate of drug-likeness (QED) is 0.859. The van der Waals surface area contributed by atoms with Crippen molar-refractivity contribution in [1.82, 2.24) is 0 Å². The van der Waals surface area contributed by atoms with E-state index in [1.165, 1.54) is 0 Å². The molecule has 0 aliphatic heterocycles. The molecule has 20 heavy (non-hydrogen) atoms. The average Bonchev–Trinajstić information content (AvgIpc) is 2.77. The van der Waals surface area contributed by atoms with Gasteiger partial charge >= 0.3 is 5.97 Å². The van der Waals surface area contributed by atoms with Crippen LogP contribution in [-0.4, -0.2) is 24.2 Å².